The molecule has 1 aromatic heterocycles. The predicted molar refractivity (Wildman–Crippen MR) is 143 cm³/mol. The van der Waals surface area contributed by atoms with Gasteiger partial charge in [0, 0.05) is 31.7 Å². The van der Waals surface area contributed by atoms with E-state index >= 15 is 0 Å². The molecule has 38 heavy (non-hydrogen) atoms. The maximum Gasteiger partial charge on any atom is 0.280 e. The average Bonchev–Trinajstić information content (AvgIpc) is 2.85. The maximum atomic E-state index is 12.4. The van der Waals surface area contributed by atoms with Crippen LogP contribution in [0.3, 0.4) is 0 Å². The van der Waals surface area contributed by atoms with Crippen LogP contribution in [0.25, 0.3) is 0 Å². The number of rotatable bonds is 9. The van der Waals surface area contributed by atoms with Gasteiger partial charge in [0.25, 0.3) is 21.9 Å². The molecule has 9 N–H and O–H groups in total. The van der Waals surface area contributed by atoms with Gasteiger partial charge < -0.3 is 22.5 Å². The third-order valence-electron chi connectivity index (χ3n) is 5.73. The summed E-state index contributed by atoms with van der Waals surface area (Å²) in [6, 6.07) is 7.07. The molecule has 0 spiro atoms. The van der Waals surface area contributed by atoms with Gasteiger partial charge in [-0.25, -0.2) is 15.0 Å². The molecule has 3 rings (SSSR count). The van der Waals surface area contributed by atoms with E-state index in [0.717, 1.165) is 31.5 Å². The van der Waals surface area contributed by atoms with Gasteiger partial charge in [-0.05, 0) is 37.0 Å². The normalized spacial score (nSPS) is 15.3. The molecule has 1 fully saturated rings. The van der Waals surface area contributed by atoms with Crippen LogP contribution < -0.4 is 27.8 Å². The van der Waals surface area contributed by atoms with Crippen molar-refractivity contribution in [1.82, 2.24) is 25.5 Å². The summed E-state index contributed by atoms with van der Waals surface area (Å²) >= 11 is 5.81. The fourth-order valence-electron chi connectivity index (χ4n) is 3.80. The standard InChI is InChI=1S/C22H30ClN9O5S/c23-17-19(25)30-18(24)16(29-17)21(34)31-22(26)28-15-6-9-32(10-7-15)12-13-2-4-14(5-3-13)20(33)27-8-1-11-38(35,36)37/h2-5,15H,1,6-12H2,(H,27,33)(H4,24,25,30)(H,35,36,37)(H3,26,28,31,34). The first kappa shape index (κ1) is 29.0. The molecule has 0 unspecified atom stereocenters. The number of aliphatic imine (C=N–C) groups is 1. The number of amides is 2. The van der Waals surface area contributed by atoms with Gasteiger partial charge in [-0.1, -0.05) is 23.7 Å². The third kappa shape index (κ3) is 8.79. The Kier molecular flexibility index (Phi) is 9.79. The Labute approximate surface area is 224 Å². The number of likely N-dealkylation sites (tertiary alicyclic amines) is 1. The highest BCUT2D eigenvalue weighted by atomic mass is 35.5. The molecule has 1 aliphatic heterocycles. The Morgan fingerprint density at radius 3 is 2.39 bits per heavy atom. The number of aromatic nitrogens is 2. The number of carbonyl (C=O) groups is 2. The van der Waals surface area contributed by atoms with Gasteiger partial charge in [-0.15, -0.1) is 0 Å². The zero-order valence-corrected chi connectivity index (χ0v) is 22.0. The van der Waals surface area contributed by atoms with Crippen molar-refractivity contribution in [2.24, 2.45) is 10.7 Å². The topological polar surface area (TPSA) is 232 Å². The number of nitrogen functional groups attached to an aromatic ring is 2. The minimum atomic E-state index is -4.04. The first-order valence-electron chi connectivity index (χ1n) is 11.7. The van der Waals surface area contributed by atoms with Crippen LogP contribution in [0.1, 0.15) is 45.7 Å². The Balaban J connectivity index is 1.44. The molecule has 2 heterocycles. The monoisotopic (exact) mass is 567 g/mol. The van der Waals surface area contributed by atoms with Gasteiger partial charge in [0.2, 0.25) is 0 Å². The number of piperidine rings is 1. The van der Waals surface area contributed by atoms with Crippen LogP contribution in [0, 0.1) is 0 Å². The van der Waals surface area contributed by atoms with Gasteiger partial charge in [0.15, 0.2) is 28.4 Å². The predicted octanol–water partition coefficient (Wildman–Crippen LogP) is 0.0112. The van der Waals surface area contributed by atoms with E-state index in [1.54, 1.807) is 12.1 Å². The lowest BCUT2D eigenvalue weighted by molar-refractivity contribution is 0.0950. The summed E-state index contributed by atoms with van der Waals surface area (Å²) in [5, 5.41) is 4.93. The van der Waals surface area contributed by atoms with Crippen molar-refractivity contribution in [3.05, 3.63) is 46.2 Å². The Hall–Kier alpha value is -3.53. The summed E-state index contributed by atoms with van der Waals surface area (Å²) in [4.78, 5) is 38.8. The number of nitrogens with two attached hydrogens (primary N) is 3. The average molecular weight is 568 g/mol. The lowest BCUT2D eigenvalue weighted by Crippen LogP contribution is -2.40. The molecule has 1 aromatic carbocycles. The molecule has 2 amide bonds. The summed E-state index contributed by atoms with van der Waals surface area (Å²) in [5.41, 5.74) is 18.4. The van der Waals surface area contributed by atoms with Gasteiger partial charge >= 0.3 is 0 Å². The summed E-state index contributed by atoms with van der Waals surface area (Å²) in [6.45, 7) is 2.35. The number of nitrogens with one attached hydrogen (secondary N) is 2. The van der Waals surface area contributed by atoms with Gasteiger partial charge in [-0.2, -0.15) is 8.42 Å². The van der Waals surface area contributed by atoms with Crippen LogP contribution in [-0.2, 0) is 16.7 Å². The molecular formula is C22H30ClN9O5S. The van der Waals surface area contributed by atoms with Crippen LogP contribution in [0.2, 0.25) is 5.15 Å². The lowest BCUT2D eigenvalue weighted by Gasteiger charge is -2.30. The number of anilines is 2. The van der Waals surface area contributed by atoms with E-state index in [9.17, 15) is 18.0 Å². The van der Waals surface area contributed by atoms with Crippen molar-refractivity contribution in [2.45, 2.75) is 31.8 Å². The summed E-state index contributed by atoms with van der Waals surface area (Å²) < 4.78 is 30.2. The second kappa shape index (κ2) is 12.8. The van der Waals surface area contributed by atoms with Crippen LogP contribution in [-0.4, -0.2) is 77.0 Å². The Morgan fingerprint density at radius 2 is 1.76 bits per heavy atom. The second-order valence-corrected chi connectivity index (χ2v) is 10.6. The van der Waals surface area contributed by atoms with E-state index in [-0.39, 0.29) is 53.4 Å². The minimum Gasteiger partial charge on any atom is -0.382 e. The Morgan fingerprint density at radius 1 is 1.11 bits per heavy atom. The zero-order valence-electron chi connectivity index (χ0n) is 20.4. The molecule has 206 valence electrons. The van der Waals surface area contributed by atoms with E-state index < -0.39 is 21.8 Å². The highest BCUT2D eigenvalue weighted by Gasteiger charge is 2.21. The largest absolute Gasteiger partial charge is 0.382 e. The highest BCUT2D eigenvalue weighted by molar-refractivity contribution is 7.85. The van der Waals surface area contributed by atoms with Crippen molar-refractivity contribution in [1.29, 1.82) is 0 Å². The van der Waals surface area contributed by atoms with Gasteiger partial charge in [0.1, 0.15) is 0 Å². The molecule has 14 nitrogen and oxygen atoms in total. The molecule has 1 aliphatic rings. The number of hydrogen-bond acceptors (Lipinski definition) is 10. The molecule has 0 aliphatic carbocycles. The molecule has 16 heteroatoms. The molecule has 0 bridgehead atoms. The number of guanidine groups is 1. The number of halogens is 1. The van der Waals surface area contributed by atoms with Gasteiger partial charge in [-0.3, -0.25) is 24.4 Å². The quantitative estimate of drug-likeness (QED) is 0.102. The summed E-state index contributed by atoms with van der Waals surface area (Å²) in [6.07, 6.45) is 1.59. The smallest absolute Gasteiger partial charge is 0.280 e. The third-order valence-corrected chi connectivity index (χ3v) is 6.81. The fraction of sp³-hybridized carbons (Fsp3) is 0.409. The zero-order chi connectivity index (χ0) is 27.9. The molecule has 2 aromatic rings. The van der Waals surface area contributed by atoms with Crippen molar-refractivity contribution < 1.29 is 22.6 Å². The van der Waals surface area contributed by atoms with E-state index in [1.165, 1.54) is 0 Å². The van der Waals surface area contributed by atoms with Crippen LogP contribution in [0.15, 0.2) is 29.3 Å². The number of carbonyl (C=O) groups excluding carboxylic acids is 2. The van der Waals surface area contributed by atoms with Crippen molar-refractivity contribution in [3.63, 3.8) is 0 Å². The van der Waals surface area contributed by atoms with Gasteiger partial charge in [0.05, 0.1) is 11.8 Å². The Bertz CT molecular complexity index is 1300. The summed E-state index contributed by atoms with van der Waals surface area (Å²) in [7, 11) is -4.04. The van der Waals surface area contributed by atoms with Crippen LogP contribution >= 0.6 is 11.6 Å². The second-order valence-electron chi connectivity index (χ2n) is 8.70. The lowest BCUT2D eigenvalue weighted by atomic mass is 10.0. The molecule has 0 radical (unpaired) electrons. The molecule has 1 saturated heterocycles. The van der Waals surface area contributed by atoms with Crippen molar-refractivity contribution in [2.75, 3.05) is 36.9 Å². The van der Waals surface area contributed by atoms with E-state index in [4.69, 9.17) is 33.4 Å². The van der Waals surface area contributed by atoms with Crippen molar-refractivity contribution >= 4 is 51.1 Å². The number of hydrogen-bond donors (Lipinski definition) is 6. The van der Waals surface area contributed by atoms with E-state index in [0.29, 0.717) is 12.1 Å². The van der Waals surface area contributed by atoms with E-state index in [1.807, 2.05) is 12.1 Å². The van der Waals surface area contributed by atoms with Crippen molar-refractivity contribution in [3.8, 4) is 0 Å². The first-order chi connectivity index (χ1) is 17.9. The van der Waals surface area contributed by atoms with Crippen LogP contribution in [0.5, 0.6) is 0 Å². The molecular weight excluding hydrogens is 538 g/mol. The molecule has 0 atom stereocenters. The van der Waals surface area contributed by atoms with Crippen LogP contribution in [0.4, 0.5) is 11.6 Å². The maximum absolute atomic E-state index is 12.4. The number of benzene rings is 1. The number of nitrogens with zero attached hydrogens (tertiary/aromatic N) is 4. The molecule has 0 saturated carbocycles. The SMILES string of the molecule is NC(=NC1CCN(Cc2ccc(C(=O)NCCCS(=O)(=O)O)cc2)CC1)NC(=O)c1nc(Cl)c(N)nc1N. The minimum absolute atomic E-state index is 0.0607. The highest BCUT2D eigenvalue weighted by Crippen LogP contribution is 2.18. The fourth-order valence-corrected chi connectivity index (χ4v) is 4.43. The summed E-state index contributed by atoms with van der Waals surface area (Å²) in [5.74, 6) is -1.72. The van der Waals surface area contributed by atoms with E-state index in [2.05, 4.69) is 30.5 Å². The first-order valence-corrected chi connectivity index (χ1v) is 13.7.